The van der Waals surface area contributed by atoms with Crippen LogP contribution in [0.3, 0.4) is 0 Å². The summed E-state index contributed by atoms with van der Waals surface area (Å²) < 4.78 is 28.4. The average Bonchev–Trinajstić information content (AvgIpc) is 3.42. The molecule has 1 aliphatic heterocycles. The lowest BCUT2D eigenvalue weighted by atomic mass is 9.43. The molecule has 7 rings (SSSR count). The first-order chi connectivity index (χ1) is 22.8. The molecule has 1 saturated heterocycles. The fourth-order valence-electron chi connectivity index (χ4n) is 8.20. The molecule has 3 aliphatic carbocycles. The van der Waals surface area contributed by atoms with Gasteiger partial charge in [-0.2, -0.15) is 16.9 Å². The monoisotopic (exact) mass is 676 g/mol. The lowest BCUT2D eigenvalue weighted by Crippen LogP contribution is -2.65. The number of hydrogen-bond donors (Lipinski definition) is 3. The molecule has 2 bridgehead atoms. The summed E-state index contributed by atoms with van der Waals surface area (Å²) in [5.74, 6) is -0.242. The van der Waals surface area contributed by atoms with E-state index in [1.165, 1.54) is 12.1 Å². The third kappa shape index (κ3) is 6.55. The summed E-state index contributed by atoms with van der Waals surface area (Å²) in [7, 11) is -0.592. The number of carbonyl (C=O) groups excluding carboxylic acids is 2. The molecule has 0 unspecified atom stereocenters. The summed E-state index contributed by atoms with van der Waals surface area (Å²) in [5.41, 5.74) is 0.571. The van der Waals surface area contributed by atoms with Crippen molar-refractivity contribution in [2.45, 2.75) is 90.4 Å². The number of benzene rings is 2. The number of amides is 2. The van der Waals surface area contributed by atoms with Crippen molar-refractivity contribution in [2.75, 3.05) is 12.0 Å². The predicted octanol–water partition coefficient (Wildman–Crippen LogP) is 5.30. The normalized spacial score (nSPS) is 25.3. The fraction of sp³-hybridized carbons (Fsp3) is 0.556. The van der Waals surface area contributed by atoms with E-state index >= 15 is 4.39 Å². The molecule has 3 N–H and O–H groups in total. The van der Waals surface area contributed by atoms with E-state index in [-0.39, 0.29) is 40.9 Å². The van der Waals surface area contributed by atoms with Crippen LogP contribution in [0.25, 0.3) is 10.8 Å². The molecular weight excluding hydrogens is 630 g/mol. The largest absolute Gasteiger partial charge is 0.481 e. The fourth-order valence-corrected chi connectivity index (χ4v) is 8.67. The van der Waals surface area contributed by atoms with Crippen LogP contribution < -0.4 is 16.2 Å². The number of aromatic nitrogens is 2. The number of H-pyrrole nitrogens is 1. The summed E-state index contributed by atoms with van der Waals surface area (Å²) in [5, 5.41) is 13.9. The first-order valence-electron chi connectivity index (χ1n) is 17.0. The van der Waals surface area contributed by atoms with Gasteiger partial charge in [-0.05, 0) is 91.5 Å². The van der Waals surface area contributed by atoms with Gasteiger partial charge >= 0.3 is 7.12 Å². The van der Waals surface area contributed by atoms with Crippen LogP contribution in [0.2, 0.25) is 0 Å². The molecule has 48 heavy (non-hydrogen) atoms. The smallest absolute Gasteiger partial charge is 0.404 e. The van der Waals surface area contributed by atoms with Crippen molar-refractivity contribution in [1.29, 1.82) is 0 Å². The van der Waals surface area contributed by atoms with E-state index < -0.39 is 36.4 Å². The highest BCUT2D eigenvalue weighted by molar-refractivity contribution is 7.98. The first-order valence-corrected chi connectivity index (χ1v) is 18.4. The second-order valence-electron chi connectivity index (χ2n) is 14.9. The summed E-state index contributed by atoms with van der Waals surface area (Å²) >= 11 is 1.56. The zero-order valence-corrected chi connectivity index (χ0v) is 29.4. The SMILES string of the molecule is CSCC[C@H](NC(=O)c1cc(Cc2n[nH]c(=O)c3ccccc23)ccc1F)C(=O)N[C@@H](CC(C)C)B1O[C@@H]2C[C@@H]3C[C@@H](C3(C)C)[C@]2(C)O1. The molecule has 3 saturated carbocycles. The minimum Gasteiger partial charge on any atom is -0.404 e. The Morgan fingerprint density at radius 1 is 1.12 bits per heavy atom. The Morgan fingerprint density at radius 3 is 2.58 bits per heavy atom. The van der Waals surface area contributed by atoms with Gasteiger partial charge in [0.05, 0.1) is 34.3 Å². The maximum Gasteiger partial charge on any atom is 0.481 e. The standard InChI is InChI=1S/C36H46BFN4O5S/c1-20(2)15-31(37-46-30-19-22-18-29(35(22,3)4)36(30,5)47-37)40-34(45)27(13-14-48-6)39-32(43)25-16-21(11-12-26(25)38)17-28-23-9-7-8-10-24(23)33(44)42-41-28/h7-12,16,20,22,27,29-31H,13-15,17-19H2,1-6H3,(H,39,43)(H,40,45)(H,42,44)/t22-,27-,29-,30+,31-,36-/m0/s1. The number of nitrogens with zero attached hydrogens (tertiary/aromatic N) is 1. The van der Waals surface area contributed by atoms with Crippen molar-refractivity contribution < 1.29 is 23.3 Å². The molecule has 256 valence electrons. The average molecular weight is 677 g/mol. The van der Waals surface area contributed by atoms with E-state index in [0.29, 0.717) is 52.5 Å². The molecule has 4 aliphatic rings. The molecule has 12 heteroatoms. The molecule has 9 nitrogen and oxygen atoms in total. The number of fused-ring (bicyclic) bond motifs is 1. The van der Waals surface area contributed by atoms with Gasteiger partial charge in [0.25, 0.3) is 11.5 Å². The van der Waals surface area contributed by atoms with Gasteiger partial charge < -0.3 is 19.9 Å². The number of halogens is 1. The maximum absolute atomic E-state index is 15.1. The van der Waals surface area contributed by atoms with Gasteiger partial charge in [-0.25, -0.2) is 9.49 Å². The second kappa shape index (κ2) is 13.6. The van der Waals surface area contributed by atoms with Crippen LogP contribution in [0.4, 0.5) is 4.39 Å². The summed E-state index contributed by atoms with van der Waals surface area (Å²) in [6.45, 7) is 11.0. The van der Waals surface area contributed by atoms with Gasteiger partial charge in [-0.3, -0.25) is 14.4 Å². The van der Waals surface area contributed by atoms with E-state index in [9.17, 15) is 14.4 Å². The van der Waals surface area contributed by atoms with Crippen molar-refractivity contribution in [3.8, 4) is 0 Å². The zero-order chi connectivity index (χ0) is 34.4. The molecular formula is C36H46BFN4O5S. The topological polar surface area (TPSA) is 122 Å². The van der Waals surface area contributed by atoms with Gasteiger partial charge in [-0.1, -0.05) is 52.0 Å². The Morgan fingerprint density at radius 2 is 1.88 bits per heavy atom. The Balaban J connectivity index is 1.18. The number of rotatable bonds is 12. The van der Waals surface area contributed by atoms with E-state index in [2.05, 4.69) is 55.4 Å². The van der Waals surface area contributed by atoms with Crippen molar-refractivity contribution >= 4 is 41.5 Å². The van der Waals surface area contributed by atoms with Crippen LogP contribution in [0.5, 0.6) is 0 Å². The lowest BCUT2D eigenvalue weighted by molar-refractivity contribution is -0.199. The Hall–Kier alpha value is -3.22. The minimum atomic E-state index is -0.890. The number of carbonyl (C=O) groups is 2. The number of nitrogens with one attached hydrogen (secondary N) is 3. The highest BCUT2D eigenvalue weighted by atomic mass is 32.2. The quantitative estimate of drug-likeness (QED) is 0.223. The van der Waals surface area contributed by atoms with E-state index in [0.717, 1.165) is 12.8 Å². The van der Waals surface area contributed by atoms with Crippen molar-refractivity contribution in [1.82, 2.24) is 20.8 Å². The van der Waals surface area contributed by atoms with Gasteiger partial charge in [0.2, 0.25) is 5.91 Å². The van der Waals surface area contributed by atoms with Crippen LogP contribution in [0.15, 0.2) is 47.3 Å². The summed E-state index contributed by atoms with van der Waals surface area (Å²) in [6.07, 6.45) is 5.28. The van der Waals surface area contributed by atoms with Gasteiger partial charge in [0, 0.05) is 11.8 Å². The molecule has 2 heterocycles. The Bertz CT molecular complexity index is 1750. The molecule has 1 aromatic heterocycles. The first kappa shape index (κ1) is 34.6. The number of thioether (sulfide) groups is 1. The Kier molecular flexibility index (Phi) is 9.81. The Labute approximate surface area is 286 Å². The van der Waals surface area contributed by atoms with Crippen molar-refractivity contribution in [3.63, 3.8) is 0 Å². The molecule has 2 aromatic carbocycles. The predicted molar refractivity (Wildman–Crippen MR) is 187 cm³/mol. The highest BCUT2D eigenvalue weighted by Crippen LogP contribution is 2.65. The van der Waals surface area contributed by atoms with E-state index in [1.807, 2.05) is 18.4 Å². The van der Waals surface area contributed by atoms with Crippen molar-refractivity contribution in [3.05, 3.63) is 75.5 Å². The molecule has 4 fully saturated rings. The van der Waals surface area contributed by atoms with Crippen LogP contribution in [0, 0.1) is 29.0 Å². The van der Waals surface area contributed by atoms with Crippen LogP contribution in [-0.4, -0.2) is 64.8 Å². The van der Waals surface area contributed by atoms with Gasteiger partial charge in [0.15, 0.2) is 0 Å². The molecule has 6 atom stereocenters. The van der Waals surface area contributed by atoms with Crippen LogP contribution >= 0.6 is 11.8 Å². The van der Waals surface area contributed by atoms with Crippen LogP contribution in [0.1, 0.15) is 81.9 Å². The minimum absolute atomic E-state index is 0.0163. The van der Waals surface area contributed by atoms with E-state index in [4.69, 9.17) is 9.31 Å². The summed E-state index contributed by atoms with van der Waals surface area (Å²) in [4.78, 5) is 39.7. The van der Waals surface area contributed by atoms with Crippen molar-refractivity contribution in [2.24, 2.45) is 23.2 Å². The zero-order valence-electron chi connectivity index (χ0n) is 28.6. The van der Waals surface area contributed by atoms with E-state index in [1.54, 1.807) is 30.0 Å². The third-order valence-corrected chi connectivity index (χ3v) is 11.6. The third-order valence-electron chi connectivity index (χ3n) is 11.0. The number of aromatic amines is 1. The molecule has 3 aromatic rings. The second-order valence-corrected chi connectivity index (χ2v) is 15.9. The highest BCUT2D eigenvalue weighted by Gasteiger charge is 2.68. The molecule has 0 radical (unpaired) electrons. The number of hydrogen-bond acceptors (Lipinski definition) is 7. The molecule has 2 amide bonds. The lowest BCUT2D eigenvalue weighted by Gasteiger charge is -2.64. The molecule has 0 spiro atoms. The summed E-state index contributed by atoms with van der Waals surface area (Å²) in [6, 6.07) is 10.6. The van der Waals surface area contributed by atoms with Gasteiger partial charge in [-0.15, -0.1) is 0 Å². The maximum atomic E-state index is 15.1. The van der Waals surface area contributed by atoms with Gasteiger partial charge in [0.1, 0.15) is 11.9 Å². The van der Waals surface area contributed by atoms with Crippen LogP contribution in [-0.2, 0) is 20.5 Å².